The lowest BCUT2D eigenvalue weighted by atomic mass is 9.97. The van der Waals surface area contributed by atoms with Gasteiger partial charge < -0.3 is 5.32 Å². The van der Waals surface area contributed by atoms with Crippen LogP contribution in [0.15, 0.2) is 42.5 Å². The molecule has 0 spiro atoms. The fraction of sp³-hybridized carbons (Fsp3) is 0.368. The van der Waals surface area contributed by atoms with Crippen LogP contribution >= 0.6 is 0 Å². The summed E-state index contributed by atoms with van der Waals surface area (Å²) in [6.07, 6.45) is 0.929. The van der Waals surface area contributed by atoms with Gasteiger partial charge in [0, 0.05) is 12.1 Å². The maximum absolute atomic E-state index is 13.4. The first-order valence-corrected chi connectivity index (χ1v) is 7.60. The fourth-order valence-electron chi connectivity index (χ4n) is 2.88. The number of halogens is 1. The van der Waals surface area contributed by atoms with E-state index in [-0.39, 0.29) is 17.9 Å². The average Bonchev–Trinajstić information content (AvgIpc) is 2.44. The van der Waals surface area contributed by atoms with Crippen molar-refractivity contribution in [2.45, 2.75) is 46.2 Å². The van der Waals surface area contributed by atoms with E-state index in [9.17, 15) is 4.39 Å². The Balaban J connectivity index is 2.18. The van der Waals surface area contributed by atoms with Gasteiger partial charge in [-0.25, -0.2) is 4.39 Å². The number of rotatable bonds is 5. The molecule has 2 aromatic rings. The van der Waals surface area contributed by atoms with E-state index >= 15 is 0 Å². The number of hydrogen-bond acceptors (Lipinski definition) is 1. The van der Waals surface area contributed by atoms with Gasteiger partial charge in [0.25, 0.3) is 0 Å². The normalized spacial score (nSPS) is 14.0. The summed E-state index contributed by atoms with van der Waals surface area (Å²) in [6.45, 7) is 8.54. The van der Waals surface area contributed by atoms with E-state index in [0.717, 1.165) is 12.0 Å². The molecule has 21 heavy (non-hydrogen) atoms. The van der Waals surface area contributed by atoms with Gasteiger partial charge in [-0.05, 0) is 56.0 Å². The summed E-state index contributed by atoms with van der Waals surface area (Å²) < 4.78 is 13.4. The lowest BCUT2D eigenvalue weighted by Crippen LogP contribution is -2.24. The standard InChI is InChI=1S/C19H24FN/c1-5-19(16-7-6-8-17(20)12-16)21-15(4)18-10-9-13(2)11-14(18)3/h6-12,15,19,21H,5H2,1-4H3. The molecular weight excluding hydrogens is 261 g/mol. The van der Waals surface area contributed by atoms with E-state index in [1.165, 1.54) is 22.8 Å². The van der Waals surface area contributed by atoms with Gasteiger partial charge in [0.2, 0.25) is 0 Å². The Morgan fingerprint density at radius 2 is 1.86 bits per heavy atom. The Morgan fingerprint density at radius 1 is 1.10 bits per heavy atom. The van der Waals surface area contributed by atoms with Crippen LogP contribution in [-0.4, -0.2) is 0 Å². The molecule has 1 N–H and O–H groups in total. The minimum Gasteiger partial charge on any atom is -0.303 e. The predicted octanol–water partition coefficient (Wildman–Crippen LogP) is 5.24. The van der Waals surface area contributed by atoms with Crippen molar-refractivity contribution in [1.82, 2.24) is 5.32 Å². The quantitative estimate of drug-likeness (QED) is 0.791. The lowest BCUT2D eigenvalue weighted by Gasteiger charge is -2.24. The van der Waals surface area contributed by atoms with Crippen LogP contribution in [0.25, 0.3) is 0 Å². The Bertz CT molecular complexity index is 606. The molecule has 0 saturated carbocycles. The van der Waals surface area contributed by atoms with E-state index in [4.69, 9.17) is 0 Å². The third-order valence-electron chi connectivity index (χ3n) is 4.00. The van der Waals surface area contributed by atoms with Crippen LogP contribution in [0, 0.1) is 19.7 Å². The molecule has 2 atom stereocenters. The van der Waals surface area contributed by atoms with Gasteiger partial charge in [-0.15, -0.1) is 0 Å². The van der Waals surface area contributed by atoms with Crippen LogP contribution in [0.1, 0.15) is 54.6 Å². The van der Waals surface area contributed by atoms with Gasteiger partial charge in [0.1, 0.15) is 5.82 Å². The Kier molecular flexibility index (Phi) is 5.13. The number of hydrogen-bond donors (Lipinski definition) is 1. The minimum absolute atomic E-state index is 0.163. The van der Waals surface area contributed by atoms with Gasteiger partial charge in [0.05, 0.1) is 0 Å². The summed E-state index contributed by atoms with van der Waals surface area (Å²) in [7, 11) is 0. The molecule has 0 aliphatic rings. The van der Waals surface area contributed by atoms with Crippen molar-refractivity contribution in [3.63, 3.8) is 0 Å². The zero-order valence-corrected chi connectivity index (χ0v) is 13.3. The summed E-state index contributed by atoms with van der Waals surface area (Å²) >= 11 is 0. The molecule has 0 fully saturated rings. The smallest absolute Gasteiger partial charge is 0.123 e. The van der Waals surface area contributed by atoms with Crippen LogP contribution in [0.3, 0.4) is 0 Å². The van der Waals surface area contributed by atoms with E-state index in [1.54, 1.807) is 12.1 Å². The van der Waals surface area contributed by atoms with Gasteiger partial charge in [-0.3, -0.25) is 0 Å². The molecular formula is C19H24FN. The SMILES string of the molecule is CCC(NC(C)c1ccc(C)cc1C)c1cccc(F)c1. The van der Waals surface area contributed by atoms with Gasteiger partial charge in [0.15, 0.2) is 0 Å². The Labute approximate surface area is 127 Å². The second-order valence-corrected chi connectivity index (χ2v) is 5.76. The third kappa shape index (κ3) is 3.92. The summed E-state index contributed by atoms with van der Waals surface area (Å²) in [4.78, 5) is 0. The van der Waals surface area contributed by atoms with Crippen LogP contribution in [-0.2, 0) is 0 Å². The van der Waals surface area contributed by atoms with Gasteiger partial charge >= 0.3 is 0 Å². The molecule has 0 radical (unpaired) electrons. The van der Waals surface area contributed by atoms with E-state index < -0.39 is 0 Å². The maximum Gasteiger partial charge on any atom is 0.123 e. The first-order chi connectivity index (χ1) is 10.0. The van der Waals surface area contributed by atoms with Crippen molar-refractivity contribution in [2.24, 2.45) is 0 Å². The van der Waals surface area contributed by atoms with Gasteiger partial charge in [-0.1, -0.05) is 42.8 Å². The number of nitrogens with one attached hydrogen (secondary N) is 1. The molecule has 0 aliphatic carbocycles. The highest BCUT2D eigenvalue weighted by Crippen LogP contribution is 2.25. The summed E-state index contributed by atoms with van der Waals surface area (Å²) in [6, 6.07) is 13.8. The van der Waals surface area contributed by atoms with Crippen LogP contribution < -0.4 is 5.32 Å². The summed E-state index contributed by atoms with van der Waals surface area (Å²) in [5, 5.41) is 3.62. The molecule has 0 aliphatic heterocycles. The molecule has 2 heteroatoms. The maximum atomic E-state index is 13.4. The highest BCUT2D eigenvalue weighted by atomic mass is 19.1. The number of aryl methyl sites for hydroxylation is 2. The van der Waals surface area contributed by atoms with E-state index in [0.29, 0.717) is 0 Å². The van der Waals surface area contributed by atoms with Crippen molar-refractivity contribution in [3.05, 3.63) is 70.5 Å². The average molecular weight is 285 g/mol. The summed E-state index contributed by atoms with van der Waals surface area (Å²) in [5.41, 5.74) is 4.88. The Morgan fingerprint density at radius 3 is 2.48 bits per heavy atom. The summed E-state index contributed by atoms with van der Waals surface area (Å²) in [5.74, 6) is -0.174. The topological polar surface area (TPSA) is 12.0 Å². The van der Waals surface area contributed by atoms with Gasteiger partial charge in [-0.2, -0.15) is 0 Å². The highest BCUT2D eigenvalue weighted by molar-refractivity contribution is 5.33. The van der Waals surface area contributed by atoms with E-state index in [1.807, 2.05) is 6.07 Å². The zero-order chi connectivity index (χ0) is 15.4. The van der Waals surface area contributed by atoms with Crippen molar-refractivity contribution >= 4 is 0 Å². The molecule has 2 aromatic carbocycles. The number of benzene rings is 2. The molecule has 0 heterocycles. The fourth-order valence-corrected chi connectivity index (χ4v) is 2.88. The molecule has 0 amide bonds. The molecule has 0 aromatic heterocycles. The molecule has 1 nitrogen and oxygen atoms in total. The molecule has 2 unspecified atom stereocenters. The molecule has 112 valence electrons. The van der Waals surface area contributed by atoms with Crippen molar-refractivity contribution in [1.29, 1.82) is 0 Å². The van der Waals surface area contributed by atoms with Crippen LogP contribution in [0.4, 0.5) is 4.39 Å². The second-order valence-electron chi connectivity index (χ2n) is 5.76. The zero-order valence-electron chi connectivity index (χ0n) is 13.3. The van der Waals surface area contributed by atoms with Crippen molar-refractivity contribution in [2.75, 3.05) is 0 Å². The largest absolute Gasteiger partial charge is 0.303 e. The second kappa shape index (κ2) is 6.86. The first-order valence-electron chi connectivity index (χ1n) is 7.60. The highest BCUT2D eigenvalue weighted by Gasteiger charge is 2.15. The van der Waals surface area contributed by atoms with E-state index in [2.05, 4.69) is 51.2 Å². The first kappa shape index (κ1) is 15.7. The van der Waals surface area contributed by atoms with Crippen LogP contribution in [0.5, 0.6) is 0 Å². The Hall–Kier alpha value is -1.67. The lowest BCUT2D eigenvalue weighted by molar-refractivity contribution is 0.453. The monoisotopic (exact) mass is 285 g/mol. The predicted molar refractivity (Wildman–Crippen MR) is 86.9 cm³/mol. The molecule has 0 saturated heterocycles. The van der Waals surface area contributed by atoms with Crippen LogP contribution in [0.2, 0.25) is 0 Å². The third-order valence-corrected chi connectivity index (χ3v) is 4.00. The van der Waals surface area contributed by atoms with Crippen molar-refractivity contribution < 1.29 is 4.39 Å². The molecule has 2 rings (SSSR count). The van der Waals surface area contributed by atoms with Crippen molar-refractivity contribution in [3.8, 4) is 0 Å². The molecule has 0 bridgehead atoms. The minimum atomic E-state index is -0.174.